The van der Waals surface area contributed by atoms with Crippen LogP contribution in [0.1, 0.15) is 5.56 Å². The van der Waals surface area contributed by atoms with Crippen molar-refractivity contribution in [1.82, 2.24) is 0 Å². The van der Waals surface area contributed by atoms with Crippen molar-refractivity contribution in [2.24, 2.45) is 4.99 Å². The molecule has 0 fully saturated rings. The summed E-state index contributed by atoms with van der Waals surface area (Å²) in [6.07, 6.45) is -0.00425. The van der Waals surface area contributed by atoms with E-state index in [2.05, 4.69) is 4.99 Å². The average Bonchev–Trinajstić information content (AvgIpc) is 2.96. The molecule has 0 radical (unpaired) electrons. The van der Waals surface area contributed by atoms with E-state index in [0.29, 0.717) is 19.0 Å². The molecule has 3 nitrogen and oxygen atoms in total. The van der Waals surface area contributed by atoms with Crippen LogP contribution in [-0.4, -0.2) is 25.2 Å². The maximum atomic E-state index is 5.79. The van der Waals surface area contributed by atoms with Gasteiger partial charge in [-0.25, -0.2) is 4.99 Å². The Hall–Kier alpha value is -2.29. The first kappa shape index (κ1) is 11.8. The molecule has 19 heavy (non-hydrogen) atoms. The van der Waals surface area contributed by atoms with E-state index in [1.807, 2.05) is 60.7 Å². The maximum Gasteiger partial charge on any atom is 0.216 e. The highest BCUT2D eigenvalue weighted by molar-refractivity contribution is 5.95. The number of benzene rings is 2. The second kappa shape index (κ2) is 5.57. The van der Waals surface area contributed by atoms with E-state index in [-0.39, 0.29) is 6.10 Å². The number of hydrogen-bond acceptors (Lipinski definition) is 3. The van der Waals surface area contributed by atoms with Crippen LogP contribution < -0.4 is 4.74 Å². The van der Waals surface area contributed by atoms with E-state index >= 15 is 0 Å². The molecule has 0 aliphatic carbocycles. The number of ether oxygens (including phenoxy) is 2. The molecule has 0 aromatic heterocycles. The van der Waals surface area contributed by atoms with Gasteiger partial charge in [-0.15, -0.1) is 0 Å². The number of aliphatic imine (C=N–C) groups is 1. The Morgan fingerprint density at radius 1 is 1.00 bits per heavy atom. The molecule has 0 saturated heterocycles. The van der Waals surface area contributed by atoms with Gasteiger partial charge in [-0.3, -0.25) is 0 Å². The van der Waals surface area contributed by atoms with E-state index < -0.39 is 0 Å². The smallest absolute Gasteiger partial charge is 0.216 e. The molecule has 1 heterocycles. The zero-order valence-corrected chi connectivity index (χ0v) is 10.5. The zero-order chi connectivity index (χ0) is 12.9. The van der Waals surface area contributed by atoms with Crippen molar-refractivity contribution in [3.05, 3.63) is 66.2 Å². The first-order valence-electron chi connectivity index (χ1n) is 6.36. The molecule has 3 heteroatoms. The predicted molar refractivity (Wildman–Crippen MR) is 74.7 cm³/mol. The summed E-state index contributed by atoms with van der Waals surface area (Å²) in [4.78, 5) is 4.41. The Morgan fingerprint density at radius 2 is 1.68 bits per heavy atom. The van der Waals surface area contributed by atoms with Crippen LogP contribution in [0.4, 0.5) is 0 Å². The van der Waals surface area contributed by atoms with Crippen LogP contribution in [0, 0.1) is 0 Å². The lowest BCUT2D eigenvalue weighted by molar-refractivity contribution is 0.143. The Kier molecular flexibility index (Phi) is 3.45. The zero-order valence-electron chi connectivity index (χ0n) is 10.5. The van der Waals surface area contributed by atoms with Crippen LogP contribution in [0.25, 0.3) is 0 Å². The number of para-hydroxylation sites is 1. The summed E-state index contributed by atoms with van der Waals surface area (Å²) < 4.78 is 11.5. The van der Waals surface area contributed by atoms with Crippen LogP contribution >= 0.6 is 0 Å². The topological polar surface area (TPSA) is 30.8 Å². The van der Waals surface area contributed by atoms with Gasteiger partial charge in [-0.2, -0.15) is 0 Å². The highest BCUT2D eigenvalue weighted by Crippen LogP contribution is 2.14. The van der Waals surface area contributed by atoms with Crippen LogP contribution in [0.2, 0.25) is 0 Å². The molecule has 96 valence electrons. The van der Waals surface area contributed by atoms with Crippen molar-refractivity contribution in [2.45, 2.75) is 6.10 Å². The van der Waals surface area contributed by atoms with Gasteiger partial charge in [0, 0.05) is 5.56 Å². The third-order valence-electron chi connectivity index (χ3n) is 2.92. The molecule has 1 aliphatic rings. The molecule has 1 atom stereocenters. The Morgan fingerprint density at radius 3 is 2.42 bits per heavy atom. The Balaban J connectivity index is 1.54. The number of rotatable bonds is 4. The lowest BCUT2D eigenvalue weighted by Crippen LogP contribution is -2.22. The van der Waals surface area contributed by atoms with Crippen molar-refractivity contribution in [1.29, 1.82) is 0 Å². The fourth-order valence-electron chi connectivity index (χ4n) is 1.95. The SMILES string of the molecule is c1ccc(OCC2CN=C(c3ccccc3)O2)cc1. The first-order chi connectivity index (χ1) is 9.42. The highest BCUT2D eigenvalue weighted by Gasteiger charge is 2.21. The minimum atomic E-state index is -0.00425. The average molecular weight is 253 g/mol. The van der Waals surface area contributed by atoms with Gasteiger partial charge in [0.25, 0.3) is 0 Å². The van der Waals surface area contributed by atoms with Crippen molar-refractivity contribution in [3.8, 4) is 5.75 Å². The van der Waals surface area contributed by atoms with Crippen molar-refractivity contribution < 1.29 is 9.47 Å². The molecular weight excluding hydrogens is 238 g/mol. The van der Waals surface area contributed by atoms with Gasteiger partial charge in [0.05, 0.1) is 6.54 Å². The summed E-state index contributed by atoms with van der Waals surface area (Å²) in [6, 6.07) is 19.7. The summed E-state index contributed by atoms with van der Waals surface area (Å²) >= 11 is 0. The lowest BCUT2D eigenvalue weighted by Gasteiger charge is -2.12. The van der Waals surface area contributed by atoms with E-state index in [4.69, 9.17) is 9.47 Å². The van der Waals surface area contributed by atoms with Gasteiger partial charge in [0.2, 0.25) is 5.90 Å². The summed E-state index contributed by atoms with van der Waals surface area (Å²) in [5.74, 6) is 1.57. The second-order valence-corrected chi connectivity index (χ2v) is 4.38. The summed E-state index contributed by atoms with van der Waals surface area (Å²) in [6.45, 7) is 1.17. The van der Waals surface area contributed by atoms with Gasteiger partial charge in [0.15, 0.2) is 6.10 Å². The molecule has 2 aromatic carbocycles. The molecule has 0 spiro atoms. The van der Waals surface area contributed by atoms with Gasteiger partial charge >= 0.3 is 0 Å². The van der Waals surface area contributed by atoms with Crippen molar-refractivity contribution in [2.75, 3.05) is 13.2 Å². The van der Waals surface area contributed by atoms with Gasteiger partial charge in [-0.1, -0.05) is 36.4 Å². The molecule has 0 amide bonds. The van der Waals surface area contributed by atoms with Gasteiger partial charge < -0.3 is 9.47 Å². The molecule has 3 rings (SSSR count). The molecule has 0 saturated carbocycles. The van der Waals surface area contributed by atoms with Gasteiger partial charge in [0.1, 0.15) is 12.4 Å². The molecule has 0 bridgehead atoms. The number of hydrogen-bond donors (Lipinski definition) is 0. The van der Waals surface area contributed by atoms with Crippen LogP contribution in [0.15, 0.2) is 65.7 Å². The second-order valence-electron chi connectivity index (χ2n) is 4.38. The molecular formula is C16H15NO2. The molecule has 0 N–H and O–H groups in total. The summed E-state index contributed by atoms with van der Waals surface area (Å²) in [5.41, 5.74) is 1.02. The van der Waals surface area contributed by atoms with E-state index in [9.17, 15) is 0 Å². The van der Waals surface area contributed by atoms with Gasteiger partial charge in [-0.05, 0) is 24.3 Å². The normalized spacial score (nSPS) is 17.7. The van der Waals surface area contributed by atoms with Crippen LogP contribution in [0.5, 0.6) is 5.75 Å². The minimum Gasteiger partial charge on any atom is -0.490 e. The number of nitrogens with zero attached hydrogens (tertiary/aromatic N) is 1. The van der Waals surface area contributed by atoms with Crippen molar-refractivity contribution in [3.63, 3.8) is 0 Å². The van der Waals surface area contributed by atoms with E-state index in [1.165, 1.54) is 0 Å². The third kappa shape index (κ3) is 2.94. The monoisotopic (exact) mass is 253 g/mol. The maximum absolute atomic E-state index is 5.79. The fourth-order valence-corrected chi connectivity index (χ4v) is 1.95. The molecule has 2 aromatic rings. The third-order valence-corrected chi connectivity index (χ3v) is 2.92. The van der Waals surface area contributed by atoms with Crippen LogP contribution in [0.3, 0.4) is 0 Å². The predicted octanol–water partition coefficient (Wildman–Crippen LogP) is 2.91. The molecule has 1 aliphatic heterocycles. The molecule has 1 unspecified atom stereocenters. The standard InChI is InChI=1S/C16H15NO2/c1-3-7-13(8-4-1)16-17-11-15(19-16)12-18-14-9-5-2-6-10-14/h1-10,15H,11-12H2. The van der Waals surface area contributed by atoms with E-state index in [0.717, 1.165) is 11.3 Å². The summed E-state index contributed by atoms with van der Waals surface area (Å²) in [5, 5.41) is 0. The largest absolute Gasteiger partial charge is 0.490 e. The fraction of sp³-hybridized carbons (Fsp3) is 0.188. The highest BCUT2D eigenvalue weighted by atomic mass is 16.5. The lowest BCUT2D eigenvalue weighted by atomic mass is 10.2. The van der Waals surface area contributed by atoms with E-state index in [1.54, 1.807) is 0 Å². The first-order valence-corrected chi connectivity index (χ1v) is 6.36. The minimum absolute atomic E-state index is 0.00425. The Labute approximate surface area is 112 Å². The summed E-state index contributed by atoms with van der Waals surface area (Å²) in [7, 11) is 0. The van der Waals surface area contributed by atoms with Crippen molar-refractivity contribution >= 4 is 5.90 Å². The van der Waals surface area contributed by atoms with Crippen LogP contribution in [-0.2, 0) is 4.74 Å². The quantitative estimate of drug-likeness (QED) is 0.838. The Bertz CT molecular complexity index is 551.